The molecule has 7 nitrogen and oxygen atoms in total. The van der Waals surface area contributed by atoms with Gasteiger partial charge in [0.2, 0.25) is 5.91 Å². The van der Waals surface area contributed by atoms with Crippen LogP contribution in [-0.2, 0) is 23.1 Å². The first-order valence-corrected chi connectivity index (χ1v) is 8.33. The summed E-state index contributed by atoms with van der Waals surface area (Å²) in [6, 6.07) is 10.5. The van der Waals surface area contributed by atoms with Gasteiger partial charge in [0.25, 0.3) is 5.91 Å². The van der Waals surface area contributed by atoms with Crippen LogP contribution >= 0.6 is 0 Å². The maximum Gasteiger partial charge on any atom is 0.329 e. The van der Waals surface area contributed by atoms with Crippen molar-refractivity contribution in [1.82, 2.24) is 14.8 Å². The molecule has 0 unspecified atom stereocenters. The highest BCUT2D eigenvalue weighted by atomic mass is 16.2. The van der Waals surface area contributed by atoms with E-state index in [1.165, 1.54) is 0 Å². The van der Waals surface area contributed by atoms with E-state index in [2.05, 4.69) is 10.6 Å². The zero-order valence-electron chi connectivity index (χ0n) is 14.7. The molecule has 2 N–H and O–H groups in total. The van der Waals surface area contributed by atoms with Crippen molar-refractivity contribution in [2.45, 2.75) is 13.3 Å². The first-order valence-electron chi connectivity index (χ1n) is 8.33. The lowest BCUT2D eigenvalue weighted by Crippen LogP contribution is -2.38. The molecule has 0 bridgehead atoms. The van der Waals surface area contributed by atoms with E-state index in [0.717, 1.165) is 22.6 Å². The Balaban J connectivity index is 1.71. The number of benzene rings is 1. The number of imide groups is 1. The van der Waals surface area contributed by atoms with Crippen LogP contribution in [0.3, 0.4) is 0 Å². The molecule has 2 aromatic rings. The summed E-state index contributed by atoms with van der Waals surface area (Å²) in [5.74, 6) is -0.940. The number of hydrogen-bond acceptors (Lipinski definition) is 3. The number of carbonyl (C=O) groups excluding carboxylic acids is 3. The van der Waals surface area contributed by atoms with Gasteiger partial charge in [-0.25, -0.2) is 9.69 Å². The van der Waals surface area contributed by atoms with E-state index in [4.69, 9.17) is 0 Å². The average Bonchev–Trinajstić information content (AvgIpc) is 3.14. The third-order valence-electron chi connectivity index (χ3n) is 4.21. The Morgan fingerprint density at radius 2 is 1.96 bits per heavy atom. The second-order valence-corrected chi connectivity index (χ2v) is 5.98. The lowest BCUT2D eigenvalue weighted by Gasteiger charge is -2.13. The monoisotopic (exact) mass is 352 g/mol. The van der Waals surface area contributed by atoms with Gasteiger partial charge < -0.3 is 15.2 Å². The van der Waals surface area contributed by atoms with E-state index in [0.29, 0.717) is 5.69 Å². The smallest absolute Gasteiger partial charge is 0.329 e. The van der Waals surface area contributed by atoms with Crippen molar-refractivity contribution in [3.63, 3.8) is 0 Å². The SMILES string of the molecule is CCc1ccccc1NC(=O)CN1C(=O)N/C(=C/c2cccn2C)C1=O. The fourth-order valence-electron chi connectivity index (χ4n) is 2.77. The van der Waals surface area contributed by atoms with Crippen molar-refractivity contribution in [1.29, 1.82) is 0 Å². The first-order chi connectivity index (χ1) is 12.5. The zero-order valence-corrected chi connectivity index (χ0v) is 14.7. The quantitative estimate of drug-likeness (QED) is 0.639. The number of nitrogens with zero attached hydrogens (tertiary/aromatic N) is 2. The van der Waals surface area contributed by atoms with Gasteiger partial charge in [-0.1, -0.05) is 25.1 Å². The molecule has 4 amide bonds. The second-order valence-electron chi connectivity index (χ2n) is 5.98. The van der Waals surface area contributed by atoms with Crippen LogP contribution in [-0.4, -0.2) is 33.9 Å². The van der Waals surface area contributed by atoms with Crippen molar-refractivity contribution in [2.24, 2.45) is 7.05 Å². The largest absolute Gasteiger partial charge is 0.351 e. The molecular formula is C19H20N4O3. The van der Waals surface area contributed by atoms with E-state index in [9.17, 15) is 14.4 Å². The molecule has 1 aromatic heterocycles. The van der Waals surface area contributed by atoms with E-state index in [1.807, 2.05) is 55.1 Å². The Bertz CT molecular complexity index is 898. The van der Waals surface area contributed by atoms with Crippen LogP contribution in [0.1, 0.15) is 18.2 Å². The lowest BCUT2D eigenvalue weighted by atomic mass is 10.1. The van der Waals surface area contributed by atoms with E-state index in [1.54, 1.807) is 12.1 Å². The minimum absolute atomic E-state index is 0.151. The van der Waals surface area contributed by atoms with Crippen LogP contribution in [0.25, 0.3) is 6.08 Å². The average molecular weight is 352 g/mol. The molecule has 0 spiro atoms. The van der Waals surface area contributed by atoms with Crippen molar-refractivity contribution in [2.75, 3.05) is 11.9 Å². The standard InChI is InChI=1S/C19H20N4O3/c1-3-13-7-4-5-9-15(13)20-17(24)12-23-18(25)16(21-19(23)26)11-14-8-6-10-22(14)2/h4-11H,3,12H2,1-2H3,(H,20,24)(H,21,26)/b16-11+. The summed E-state index contributed by atoms with van der Waals surface area (Å²) in [5.41, 5.74) is 2.60. The molecule has 0 radical (unpaired) electrons. The number of nitrogens with one attached hydrogen (secondary N) is 2. The molecule has 3 rings (SSSR count). The highest BCUT2D eigenvalue weighted by Gasteiger charge is 2.35. The molecule has 2 heterocycles. The third kappa shape index (κ3) is 3.51. The Kier molecular flexibility index (Phi) is 4.88. The van der Waals surface area contributed by atoms with Gasteiger partial charge in [-0.15, -0.1) is 0 Å². The zero-order chi connectivity index (χ0) is 18.7. The molecule has 0 saturated carbocycles. The van der Waals surface area contributed by atoms with Crippen LogP contribution in [0.4, 0.5) is 10.5 Å². The summed E-state index contributed by atoms with van der Waals surface area (Å²) in [6.07, 6.45) is 4.19. The minimum Gasteiger partial charge on any atom is -0.351 e. The summed E-state index contributed by atoms with van der Waals surface area (Å²) in [4.78, 5) is 37.7. The first kappa shape index (κ1) is 17.5. The number of carbonyl (C=O) groups is 3. The molecule has 0 atom stereocenters. The Morgan fingerprint density at radius 1 is 1.19 bits per heavy atom. The fraction of sp³-hybridized carbons (Fsp3) is 0.211. The van der Waals surface area contributed by atoms with Gasteiger partial charge in [-0.2, -0.15) is 0 Å². The number of para-hydroxylation sites is 1. The molecule has 1 aliphatic rings. The molecule has 0 aliphatic carbocycles. The van der Waals surface area contributed by atoms with E-state index < -0.39 is 17.8 Å². The Labute approximate surface area is 151 Å². The summed E-state index contributed by atoms with van der Waals surface area (Å²) in [6.45, 7) is 1.65. The van der Waals surface area contributed by atoms with Gasteiger partial charge in [0.1, 0.15) is 12.2 Å². The van der Waals surface area contributed by atoms with Gasteiger partial charge in [-0.3, -0.25) is 9.59 Å². The molecule has 1 aliphatic heterocycles. The number of aryl methyl sites for hydroxylation is 2. The van der Waals surface area contributed by atoms with E-state index in [-0.39, 0.29) is 12.2 Å². The minimum atomic E-state index is -0.602. The number of rotatable bonds is 5. The maximum atomic E-state index is 12.4. The highest BCUT2D eigenvalue weighted by molar-refractivity contribution is 6.15. The van der Waals surface area contributed by atoms with Gasteiger partial charge >= 0.3 is 6.03 Å². The summed E-state index contributed by atoms with van der Waals surface area (Å²) in [7, 11) is 1.84. The molecule has 1 saturated heterocycles. The molecule has 134 valence electrons. The molecule has 7 heteroatoms. The molecule has 1 aromatic carbocycles. The lowest BCUT2D eigenvalue weighted by molar-refractivity contribution is -0.127. The van der Waals surface area contributed by atoms with Crippen LogP contribution < -0.4 is 10.6 Å². The third-order valence-corrected chi connectivity index (χ3v) is 4.21. The van der Waals surface area contributed by atoms with Crippen LogP contribution in [0.2, 0.25) is 0 Å². The van der Waals surface area contributed by atoms with Crippen LogP contribution in [0, 0.1) is 0 Å². The molecule has 1 fully saturated rings. The fourth-order valence-corrected chi connectivity index (χ4v) is 2.77. The Hall–Kier alpha value is -3.35. The molecule has 26 heavy (non-hydrogen) atoms. The van der Waals surface area contributed by atoms with Crippen molar-refractivity contribution in [3.05, 3.63) is 59.5 Å². The normalized spacial score (nSPS) is 15.5. The van der Waals surface area contributed by atoms with Gasteiger partial charge in [-0.05, 0) is 36.3 Å². The van der Waals surface area contributed by atoms with Gasteiger partial charge in [0.15, 0.2) is 0 Å². The van der Waals surface area contributed by atoms with Crippen molar-refractivity contribution >= 4 is 29.6 Å². The van der Waals surface area contributed by atoms with Gasteiger partial charge in [0, 0.05) is 24.6 Å². The number of anilines is 1. The van der Waals surface area contributed by atoms with Crippen molar-refractivity contribution < 1.29 is 14.4 Å². The van der Waals surface area contributed by atoms with E-state index >= 15 is 0 Å². The maximum absolute atomic E-state index is 12.4. The topological polar surface area (TPSA) is 83.4 Å². The highest BCUT2D eigenvalue weighted by Crippen LogP contribution is 2.17. The Morgan fingerprint density at radius 3 is 2.65 bits per heavy atom. The molecular weight excluding hydrogens is 332 g/mol. The van der Waals surface area contributed by atoms with Gasteiger partial charge in [0.05, 0.1) is 0 Å². The van der Waals surface area contributed by atoms with Crippen LogP contribution in [0.5, 0.6) is 0 Å². The number of hydrogen-bond donors (Lipinski definition) is 2. The predicted molar refractivity (Wildman–Crippen MR) is 98.1 cm³/mol. The summed E-state index contributed by atoms with van der Waals surface area (Å²) < 4.78 is 1.82. The number of urea groups is 1. The number of aromatic nitrogens is 1. The number of amides is 4. The van der Waals surface area contributed by atoms with Crippen molar-refractivity contribution in [3.8, 4) is 0 Å². The summed E-state index contributed by atoms with van der Waals surface area (Å²) in [5, 5.41) is 5.28. The predicted octanol–water partition coefficient (Wildman–Crippen LogP) is 2.12. The van der Waals surface area contributed by atoms with Crippen LogP contribution in [0.15, 0.2) is 48.3 Å². The summed E-state index contributed by atoms with van der Waals surface area (Å²) >= 11 is 0. The second kappa shape index (κ2) is 7.26.